The van der Waals surface area contributed by atoms with Crippen LogP contribution >= 0.6 is 0 Å². The van der Waals surface area contributed by atoms with Gasteiger partial charge in [0.2, 0.25) is 0 Å². The molecule has 2 N–H and O–H groups in total. The Balaban J connectivity index is 1.70. The molecule has 3 aromatic rings. The lowest BCUT2D eigenvalue weighted by Crippen LogP contribution is -2.15. The van der Waals surface area contributed by atoms with Gasteiger partial charge in [-0.3, -0.25) is 9.52 Å². The van der Waals surface area contributed by atoms with Crippen LogP contribution < -0.4 is 19.5 Å². The number of carbonyl (C=O) groups excluding carboxylic acids is 1. The van der Waals surface area contributed by atoms with Crippen molar-refractivity contribution in [2.24, 2.45) is 0 Å². The van der Waals surface area contributed by atoms with Gasteiger partial charge >= 0.3 is 6.61 Å². The number of hydrogen-bond donors (Lipinski definition) is 2. The number of benzene rings is 3. The molecule has 3 aromatic carbocycles. The predicted molar refractivity (Wildman–Crippen MR) is 126 cm³/mol. The van der Waals surface area contributed by atoms with E-state index in [4.69, 9.17) is 4.74 Å². The number of nitrogens with one attached hydrogen (secondary N) is 2. The fourth-order valence-electron chi connectivity index (χ4n) is 2.91. The Bertz CT molecular complexity index is 1370. The molecule has 11 heteroatoms. The summed E-state index contributed by atoms with van der Waals surface area (Å²) in [6.07, 6.45) is 1.28. The van der Waals surface area contributed by atoms with E-state index in [0.29, 0.717) is 11.3 Å². The van der Waals surface area contributed by atoms with Crippen molar-refractivity contribution in [3.05, 3.63) is 83.9 Å². The summed E-state index contributed by atoms with van der Waals surface area (Å²) < 4.78 is 61.7. The van der Waals surface area contributed by atoms with Crippen LogP contribution in [0.2, 0.25) is 0 Å². The first-order valence-corrected chi connectivity index (χ1v) is 11.4. The smallest absolute Gasteiger partial charge is 0.387 e. The van der Waals surface area contributed by atoms with Crippen molar-refractivity contribution >= 4 is 33.4 Å². The molecule has 1 amide bonds. The summed E-state index contributed by atoms with van der Waals surface area (Å²) in [7, 11) is -2.51. The Morgan fingerprint density at radius 3 is 2.29 bits per heavy atom. The molecule has 0 aromatic heterocycles. The normalized spacial score (nSPS) is 11.5. The van der Waals surface area contributed by atoms with Gasteiger partial charge in [-0.2, -0.15) is 14.0 Å². The molecule has 180 valence electrons. The first-order valence-electron chi connectivity index (χ1n) is 9.96. The van der Waals surface area contributed by atoms with E-state index in [2.05, 4.69) is 14.8 Å². The topological polar surface area (TPSA) is 118 Å². The van der Waals surface area contributed by atoms with Crippen LogP contribution in [0.1, 0.15) is 5.56 Å². The monoisotopic (exact) mass is 499 g/mol. The number of amides is 1. The third-order valence-corrected chi connectivity index (χ3v) is 5.94. The summed E-state index contributed by atoms with van der Waals surface area (Å²) in [6, 6.07) is 19.0. The zero-order valence-electron chi connectivity index (χ0n) is 18.2. The van der Waals surface area contributed by atoms with Crippen LogP contribution in [0.15, 0.2) is 83.3 Å². The van der Waals surface area contributed by atoms with Gasteiger partial charge in [-0.1, -0.05) is 24.3 Å². The predicted octanol–water partition coefficient (Wildman–Crippen LogP) is 4.64. The first-order chi connectivity index (χ1) is 16.7. The van der Waals surface area contributed by atoms with Gasteiger partial charge in [0.05, 0.1) is 17.7 Å². The number of carbonyl (C=O) groups is 1. The molecule has 0 spiro atoms. The maximum Gasteiger partial charge on any atom is 0.387 e. The minimum absolute atomic E-state index is 0.0523. The number of para-hydroxylation sites is 2. The second-order valence-electron chi connectivity index (χ2n) is 6.90. The molecule has 0 saturated heterocycles. The highest BCUT2D eigenvalue weighted by molar-refractivity contribution is 7.92. The average molecular weight is 499 g/mol. The summed E-state index contributed by atoms with van der Waals surface area (Å²) in [4.78, 5) is 12.4. The number of hydrogen-bond acceptors (Lipinski definition) is 6. The Morgan fingerprint density at radius 2 is 1.69 bits per heavy atom. The van der Waals surface area contributed by atoms with Crippen molar-refractivity contribution in [3.8, 4) is 17.6 Å². The van der Waals surface area contributed by atoms with E-state index in [1.807, 2.05) is 0 Å². The second-order valence-corrected chi connectivity index (χ2v) is 8.58. The van der Waals surface area contributed by atoms with Crippen molar-refractivity contribution in [1.29, 1.82) is 5.26 Å². The van der Waals surface area contributed by atoms with Gasteiger partial charge in [0.15, 0.2) is 0 Å². The molecule has 0 unspecified atom stereocenters. The van der Waals surface area contributed by atoms with E-state index in [0.717, 1.165) is 0 Å². The number of halogens is 2. The number of nitriles is 1. The number of methoxy groups -OCH3 is 1. The quantitative estimate of drug-likeness (QED) is 0.327. The Labute approximate surface area is 200 Å². The molecule has 0 aliphatic heterocycles. The number of ether oxygens (including phenoxy) is 2. The maximum atomic E-state index is 12.7. The second kappa shape index (κ2) is 11.1. The molecule has 0 saturated carbocycles. The van der Waals surface area contributed by atoms with Gasteiger partial charge in [0.25, 0.3) is 15.9 Å². The minimum atomic E-state index is -3.93. The van der Waals surface area contributed by atoms with Crippen molar-refractivity contribution in [2.75, 3.05) is 17.1 Å². The Morgan fingerprint density at radius 1 is 1.03 bits per heavy atom. The number of alkyl halides is 2. The summed E-state index contributed by atoms with van der Waals surface area (Å²) >= 11 is 0. The van der Waals surface area contributed by atoms with Crippen LogP contribution in [0.4, 0.5) is 20.2 Å². The largest absolute Gasteiger partial charge is 0.495 e. The summed E-state index contributed by atoms with van der Waals surface area (Å²) in [5, 5.41) is 11.9. The van der Waals surface area contributed by atoms with Crippen LogP contribution in [0, 0.1) is 11.3 Å². The van der Waals surface area contributed by atoms with E-state index >= 15 is 0 Å². The first kappa shape index (κ1) is 25.2. The molecule has 0 heterocycles. The maximum absolute atomic E-state index is 12.7. The molecular formula is C24H19F2N3O5S. The third-order valence-electron chi connectivity index (χ3n) is 4.56. The molecule has 0 atom stereocenters. The fraction of sp³-hybridized carbons (Fsp3) is 0.0833. The van der Waals surface area contributed by atoms with Crippen LogP contribution in [0.3, 0.4) is 0 Å². The van der Waals surface area contributed by atoms with E-state index in [-0.39, 0.29) is 27.6 Å². The van der Waals surface area contributed by atoms with Crippen molar-refractivity contribution in [3.63, 3.8) is 0 Å². The Hall–Kier alpha value is -4.43. The standard InChI is InChI=1S/C24H19F2N3O5S/c1-33-22-5-3-2-4-21(22)29-35(31,32)20-12-8-18(9-13-20)28-23(30)17(15-27)14-16-6-10-19(11-7-16)34-24(25)26/h2-14,24,29H,1H3,(H,28,30)/b17-14+. The van der Waals surface area contributed by atoms with Crippen LogP contribution in [-0.2, 0) is 14.8 Å². The average Bonchev–Trinajstić information content (AvgIpc) is 2.83. The minimum Gasteiger partial charge on any atom is -0.495 e. The molecule has 0 radical (unpaired) electrons. The number of rotatable bonds is 9. The third kappa shape index (κ3) is 6.78. The van der Waals surface area contributed by atoms with Gasteiger partial charge in [-0.05, 0) is 60.2 Å². The van der Waals surface area contributed by atoms with E-state index in [1.54, 1.807) is 30.3 Å². The summed E-state index contributed by atoms with van der Waals surface area (Å²) in [5.41, 5.74) is 0.697. The molecular weight excluding hydrogens is 480 g/mol. The summed E-state index contributed by atoms with van der Waals surface area (Å²) in [5.74, 6) is -0.439. The molecule has 0 bridgehead atoms. The number of anilines is 2. The molecule has 0 aliphatic rings. The SMILES string of the molecule is COc1ccccc1NS(=O)(=O)c1ccc(NC(=O)/C(C#N)=C/c2ccc(OC(F)F)cc2)cc1. The highest BCUT2D eigenvalue weighted by Crippen LogP contribution is 2.26. The van der Waals surface area contributed by atoms with E-state index in [1.165, 1.54) is 61.7 Å². The van der Waals surface area contributed by atoms with Crippen molar-refractivity contribution < 1.29 is 31.5 Å². The van der Waals surface area contributed by atoms with E-state index in [9.17, 15) is 27.3 Å². The van der Waals surface area contributed by atoms with Gasteiger partial charge in [-0.15, -0.1) is 0 Å². The van der Waals surface area contributed by atoms with Gasteiger partial charge in [0, 0.05) is 5.69 Å². The van der Waals surface area contributed by atoms with E-state index < -0.39 is 22.5 Å². The van der Waals surface area contributed by atoms with Crippen molar-refractivity contribution in [1.82, 2.24) is 0 Å². The lowest BCUT2D eigenvalue weighted by Gasteiger charge is -2.12. The lowest BCUT2D eigenvalue weighted by molar-refractivity contribution is -0.112. The van der Waals surface area contributed by atoms with Crippen LogP contribution in [-0.4, -0.2) is 28.0 Å². The van der Waals surface area contributed by atoms with Gasteiger partial charge in [-0.25, -0.2) is 8.42 Å². The highest BCUT2D eigenvalue weighted by Gasteiger charge is 2.17. The zero-order chi connectivity index (χ0) is 25.4. The fourth-order valence-corrected chi connectivity index (χ4v) is 3.98. The zero-order valence-corrected chi connectivity index (χ0v) is 19.1. The highest BCUT2D eigenvalue weighted by atomic mass is 32.2. The summed E-state index contributed by atoms with van der Waals surface area (Å²) in [6.45, 7) is -2.96. The molecule has 8 nitrogen and oxygen atoms in total. The number of sulfonamides is 1. The van der Waals surface area contributed by atoms with Crippen LogP contribution in [0.25, 0.3) is 6.08 Å². The molecule has 3 rings (SSSR count). The molecule has 0 aliphatic carbocycles. The number of nitrogens with zero attached hydrogens (tertiary/aromatic N) is 1. The Kier molecular flexibility index (Phi) is 8.01. The molecule has 35 heavy (non-hydrogen) atoms. The van der Waals surface area contributed by atoms with Gasteiger partial charge < -0.3 is 14.8 Å². The van der Waals surface area contributed by atoms with Crippen molar-refractivity contribution in [2.45, 2.75) is 11.5 Å². The van der Waals surface area contributed by atoms with Crippen LogP contribution in [0.5, 0.6) is 11.5 Å². The van der Waals surface area contributed by atoms with Gasteiger partial charge in [0.1, 0.15) is 23.1 Å². The molecule has 0 fully saturated rings. The lowest BCUT2D eigenvalue weighted by atomic mass is 10.1.